The molecule has 1 heterocycles. The van der Waals surface area contributed by atoms with Gasteiger partial charge in [-0.3, -0.25) is 4.79 Å². The highest BCUT2D eigenvalue weighted by molar-refractivity contribution is 7.16. The molecule has 2 aromatic carbocycles. The fraction of sp³-hybridized carbons (Fsp3) is 0.250. The fourth-order valence-electron chi connectivity index (χ4n) is 3.61. The Morgan fingerprint density at radius 1 is 1.10 bits per heavy atom. The maximum atomic E-state index is 13.1. The van der Waals surface area contributed by atoms with Gasteiger partial charge < -0.3 is 10.1 Å². The lowest BCUT2D eigenvalue weighted by Gasteiger charge is -2.12. The molecule has 0 saturated heterocycles. The zero-order valence-electron chi connectivity index (χ0n) is 16.8. The molecule has 4 nitrogen and oxygen atoms in total. The van der Waals surface area contributed by atoms with Gasteiger partial charge in [0, 0.05) is 17.6 Å². The van der Waals surface area contributed by atoms with Crippen LogP contribution in [-0.2, 0) is 19.4 Å². The van der Waals surface area contributed by atoms with Gasteiger partial charge in [-0.05, 0) is 66.6 Å². The Morgan fingerprint density at radius 3 is 2.58 bits per heavy atom. The van der Waals surface area contributed by atoms with Crippen LogP contribution in [0, 0.1) is 0 Å². The summed E-state index contributed by atoms with van der Waals surface area (Å²) in [5.41, 5.74) is 3.54. The number of rotatable bonds is 7. The zero-order valence-corrected chi connectivity index (χ0v) is 17.6. The first-order valence-corrected chi connectivity index (χ1v) is 11.0. The van der Waals surface area contributed by atoms with E-state index in [1.165, 1.54) is 17.0 Å². The van der Waals surface area contributed by atoms with Gasteiger partial charge in [0.1, 0.15) is 10.8 Å². The highest BCUT2D eigenvalue weighted by atomic mass is 32.1. The number of halogens is 2. The molecule has 0 radical (unpaired) electrons. The van der Waals surface area contributed by atoms with E-state index in [2.05, 4.69) is 15.0 Å². The molecule has 31 heavy (non-hydrogen) atoms. The number of aryl methyl sites for hydroxylation is 1. The lowest BCUT2D eigenvalue weighted by molar-refractivity contribution is -0.0498. The molecule has 0 bridgehead atoms. The first-order valence-electron chi connectivity index (χ1n) is 10.2. The molecule has 7 heteroatoms. The van der Waals surface area contributed by atoms with Crippen molar-refractivity contribution >= 4 is 28.5 Å². The minimum absolute atomic E-state index is 0.0970. The number of carbonyl (C=O) groups excluding carboxylic acids is 1. The van der Waals surface area contributed by atoms with Crippen LogP contribution < -0.4 is 10.1 Å². The van der Waals surface area contributed by atoms with Crippen molar-refractivity contribution in [1.29, 1.82) is 0 Å². The van der Waals surface area contributed by atoms with Gasteiger partial charge in [-0.1, -0.05) is 30.3 Å². The molecule has 1 amide bonds. The third kappa shape index (κ3) is 5.35. The number of aliphatic imine (C=N–C) groups is 1. The van der Waals surface area contributed by atoms with Crippen molar-refractivity contribution in [2.24, 2.45) is 4.99 Å². The number of alkyl halides is 2. The predicted octanol–water partition coefficient (Wildman–Crippen LogP) is 5.91. The monoisotopic (exact) mass is 440 g/mol. The van der Waals surface area contributed by atoms with E-state index in [-0.39, 0.29) is 11.7 Å². The molecule has 1 aliphatic carbocycles. The topological polar surface area (TPSA) is 50.7 Å². The molecule has 1 aromatic heterocycles. The molecule has 0 aliphatic heterocycles. The normalized spacial score (nSPS) is 13.4. The van der Waals surface area contributed by atoms with Crippen molar-refractivity contribution in [1.82, 2.24) is 5.32 Å². The lowest BCUT2D eigenvalue weighted by Crippen LogP contribution is -2.24. The second-order valence-electron chi connectivity index (χ2n) is 7.27. The van der Waals surface area contributed by atoms with Gasteiger partial charge in [0.05, 0.1) is 5.56 Å². The van der Waals surface area contributed by atoms with Gasteiger partial charge in [0.15, 0.2) is 0 Å². The summed E-state index contributed by atoms with van der Waals surface area (Å²) in [6.07, 6.45) is 5.69. The number of thiophene rings is 1. The van der Waals surface area contributed by atoms with Crippen LogP contribution in [0.5, 0.6) is 5.75 Å². The molecule has 0 saturated carbocycles. The molecule has 1 aliphatic rings. The van der Waals surface area contributed by atoms with Crippen molar-refractivity contribution in [2.75, 3.05) is 0 Å². The summed E-state index contributed by atoms with van der Waals surface area (Å²) >= 11 is 1.56. The minimum Gasteiger partial charge on any atom is -0.435 e. The quantitative estimate of drug-likeness (QED) is 0.465. The number of ether oxygens (including phenoxy) is 1. The van der Waals surface area contributed by atoms with E-state index in [1.54, 1.807) is 29.7 Å². The SMILES string of the molecule is O=C(NCc1ccccc1)c1c(N=Cc2ccc(OC(F)F)cc2)sc2c1CCCC2. The van der Waals surface area contributed by atoms with E-state index in [9.17, 15) is 13.6 Å². The van der Waals surface area contributed by atoms with Crippen molar-refractivity contribution in [3.63, 3.8) is 0 Å². The van der Waals surface area contributed by atoms with Crippen molar-refractivity contribution < 1.29 is 18.3 Å². The standard InChI is InChI=1S/C24H22F2N2O2S/c25-24(26)30-18-12-10-17(11-13-18)15-28-23-21(19-8-4-5-9-20(19)31-23)22(29)27-14-16-6-2-1-3-7-16/h1-3,6-7,10-13,15,24H,4-5,8-9,14H2,(H,27,29). The summed E-state index contributed by atoms with van der Waals surface area (Å²) in [4.78, 5) is 18.9. The second-order valence-corrected chi connectivity index (χ2v) is 8.35. The maximum absolute atomic E-state index is 13.1. The molecule has 0 atom stereocenters. The second kappa shape index (κ2) is 9.83. The summed E-state index contributed by atoms with van der Waals surface area (Å²) in [5, 5.41) is 3.71. The number of amides is 1. The number of fused-ring (bicyclic) bond motifs is 1. The first kappa shape index (κ1) is 21.2. The van der Waals surface area contributed by atoms with Gasteiger partial charge in [0.25, 0.3) is 5.91 Å². The van der Waals surface area contributed by atoms with Crippen LogP contribution in [0.1, 0.15) is 44.8 Å². The van der Waals surface area contributed by atoms with Gasteiger partial charge >= 0.3 is 6.61 Å². The number of carbonyl (C=O) groups is 1. The van der Waals surface area contributed by atoms with E-state index >= 15 is 0 Å². The molecule has 160 valence electrons. The van der Waals surface area contributed by atoms with Crippen molar-refractivity contribution in [2.45, 2.75) is 38.8 Å². The number of nitrogens with zero attached hydrogens (tertiary/aromatic N) is 1. The van der Waals surface area contributed by atoms with Crippen LogP contribution in [0.3, 0.4) is 0 Å². The van der Waals surface area contributed by atoms with Crippen LogP contribution in [0.15, 0.2) is 59.6 Å². The summed E-state index contributed by atoms with van der Waals surface area (Å²) in [7, 11) is 0. The van der Waals surface area contributed by atoms with E-state index in [4.69, 9.17) is 0 Å². The van der Waals surface area contributed by atoms with Crippen LogP contribution in [0.2, 0.25) is 0 Å². The summed E-state index contributed by atoms with van der Waals surface area (Å²) < 4.78 is 29.0. The fourth-order valence-corrected chi connectivity index (χ4v) is 4.84. The molecule has 4 rings (SSSR count). The first-order chi connectivity index (χ1) is 15.1. The minimum atomic E-state index is -2.85. The molecule has 3 aromatic rings. The largest absolute Gasteiger partial charge is 0.435 e. The molecule has 0 spiro atoms. The van der Waals surface area contributed by atoms with Gasteiger partial charge in [-0.15, -0.1) is 11.3 Å². The van der Waals surface area contributed by atoms with Crippen LogP contribution >= 0.6 is 11.3 Å². The van der Waals surface area contributed by atoms with Gasteiger partial charge in [-0.2, -0.15) is 8.78 Å². The van der Waals surface area contributed by atoms with Crippen LogP contribution in [0.25, 0.3) is 0 Å². The number of hydrogen-bond acceptors (Lipinski definition) is 4. The summed E-state index contributed by atoms with van der Waals surface area (Å²) in [6, 6.07) is 16.0. The van der Waals surface area contributed by atoms with Crippen molar-refractivity contribution in [3.8, 4) is 5.75 Å². The van der Waals surface area contributed by atoms with E-state index < -0.39 is 6.61 Å². The Kier molecular flexibility index (Phi) is 6.72. The third-order valence-corrected chi connectivity index (χ3v) is 6.31. The Labute approximate surface area is 183 Å². The lowest BCUT2D eigenvalue weighted by atomic mass is 9.95. The Bertz CT molecular complexity index is 1060. The smallest absolute Gasteiger partial charge is 0.387 e. The number of nitrogens with one attached hydrogen (secondary N) is 1. The van der Waals surface area contributed by atoms with Gasteiger partial charge in [0.2, 0.25) is 0 Å². The summed E-state index contributed by atoms with van der Waals surface area (Å²) in [6.45, 7) is -2.40. The average Bonchev–Trinajstić information content (AvgIpc) is 3.16. The average molecular weight is 441 g/mol. The zero-order chi connectivity index (χ0) is 21.6. The van der Waals surface area contributed by atoms with E-state index in [0.29, 0.717) is 17.1 Å². The molecular weight excluding hydrogens is 418 g/mol. The highest BCUT2D eigenvalue weighted by Crippen LogP contribution is 2.39. The summed E-state index contributed by atoms with van der Waals surface area (Å²) in [5.74, 6) is -0.0178. The Balaban J connectivity index is 1.55. The number of hydrogen-bond donors (Lipinski definition) is 1. The molecular formula is C24H22F2N2O2S. The van der Waals surface area contributed by atoms with E-state index in [0.717, 1.165) is 42.4 Å². The molecule has 0 fully saturated rings. The van der Waals surface area contributed by atoms with Crippen LogP contribution in [-0.4, -0.2) is 18.7 Å². The Hall–Kier alpha value is -3.06. The van der Waals surface area contributed by atoms with Crippen LogP contribution in [0.4, 0.5) is 13.8 Å². The van der Waals surface area contributed by atoms with Gasteiger partial charge in [-0.25, -0.2) is 4.99 Å². The predicted molar refractivity (Wildman–Crippen MR) is 119 cm³/mol. The molecule has 0 unspecified atom stereocenters. The highest BCUT2D eigenvalue weighted by Gasteiger charge is 2.25. The Morgan fingerprint density at radius 2 is 1.84 bits per heavy atom. The van der Waals surface area contributed by atoms with E-state index in [1.807, 2.05) is 30.3 Å². The maximum Gasteiger partial charge on any atom is 0.387 e. The van der Waals surface area contributed by atoms with Crippen molar-refractivity contribution in [3.05, 3.63) is 81.7 Å². The molecule has 1 N–H and O–H groups in total. The number of benzene rings is 2. The third-order valence-electron chi connectivity index (χ3n) is 5.11.